The van der Waals surface area contributed by atoms with Gasteiger partial charge in [-0.15, -0.1) is 0 Å². The highest BCUT2D eigenvalue weighted by atomic mass is 16.7. The maximum absolute atomic E-state index is 9.80. The third-order valence-corrected chi connectivity index (χ3v) is 4.13. The largest absolute Gasteiger partial charge is 0.394 e. The Morgan fingerprint density at radius 1 is 0.818 bits per heavy atom. The number of hydrogen-bond acceptors (Lipinski definition) is 6. The molecule has 1 saturated heterocycles. The summed E-state index contributed by atoms with van der Waals surface area (Å²) in [5.74, 6) is 0. The van der Waals surface area contributed by atoms with Crippen molar-refractivity contribution in [1.29, 1.82) is 0 Å². The molecule has 0 unspecified atom stereocenters. The minimum atomic E-state index is -1.37. The van der Waals surface area contributed by atoms with Gasteiger partial charge in [0.15, 0.2) is 6.29 Å². The van der Waals surface area contributed by atoms with Crippen molar-refractivity contribution in [3.8, 4) is 0 Å². The van der Waals surface area contributed by atoms with E-state index >= 15 is 0 Å². The van der Waals surface area contributed by atoms with Crippen LogP contribution in [0.1, 0.15) is 58.3 Å². The molecule has 0 radical (unpaired) electrons. The molecular weight excluding hydrogens is 288 g/mol. The number of aliphatic hydroxyl groups excluding tert-OH is 4. The van der Waals surface area contributed by atoms with Crippen molar-refractivity contribution >= 4 is 0 Å². The standard InChI is InChI=1S/C16H32O6/c1-2-3-4-5-6-7-8-9-10-21-16-15(20)14(19)13(18)12(11-17)22-16/h12-20H,2-11H2,1H3/t12-,13+,14+,15-,16-/m1/s1. The van der Waals surface area contributed by atoms with Gasteiger partial charge in [-0.05, 0) is 6.42 Å². The monoisotopic (exact) mass is 320 g/mol. The van der Waals surface area contributed by atoms with Crippen molar-refractivity contribution in [3.05, 3.63) is 0 Å². The van der Waals surface area contributed by atoms with Gasteiger partial charge in [0.1, 0.15) is 24.4 Å². The zero-order valence-corrected chi connectivity index (χ0v) is 13.6. The molecule has 0 spiro atoms. The van der Waals surface area contributed by atoms with Crippen molar-refractivity contribution in [2.24, 2.45) is 0 Å². The molecule has 22 heavy (non-hydrogen) atoms. The minimum Gasteiger partial charge on any atom is -0.394 e. The summed E-state index contributed by atoms with van der Waals surface area (Å²) in [6.45, 7) is 2.20. The third kappa shape index (κ3) is 6.48. The molecule has 0 aromatic heterocycles. The molecule has 0 aromatic rings. The summed E-state index contributed by atoms with van der Waals surface area (Å²) in [7, 11) is 0. The predicted octanol–water partition coefficient (Wildman–Crippen LogP) is 0.944. The van der Waals surface area contributed by atoms with Crippen molar-refractivity contribution < 1.29 is 29.9 Å². The minimum absolute atomic E-state index is 0.428. The molecule has 0 amide bonds. The fourth-order valence-electron chi connectivity index (χ4n) is 2.64. The molecule has 1 heterocycles. The average Bonchev–Trinajstić information content (AvgIpc) is 2.53. The number of unbranched alkanes of at least 4 members (excludes halogenated alkanes) is 7. The predicted molar refractivity (Wildman–Crippen MR) is 82.3 cm³/mol. The Bertz CT molecular complexity index is 273. The highest BCUT2D eigenvalue weighted by Crippen LogP contribution is 2.22. The normalized spacial score (nSPS) is 32.3. The molecule has 0 aliphatic carbocycles. The Morgan fingerprint density at radius 3 is 2.00 bits per heavy atom. The second-order valence-electron chi connectivity index (χ2n) is 6.04. The molecule has 1 fully saturated rings. The van der Waals surface area contributed by atoms with Gasteiger partial charge in [0.2, 0.25) is 0 Å². The van der Waals surface area contributed by atoms with Gasteiger partial charge in [-0.3, -0.25) is 0 Å². The van der Waals surface area contributed by atoms with Crippen LogP contribution < -0.4 is 0 Å². The van der Waals surface area contributed by atoms with Crippen molar-refractivity contribution in [3.63, 3.8) is 0 Å². The first-order chi connectivity index (χ1) is 10.6. The smallest absolute Gasteiger partial charge is 0.186 e. The fourth-order valence-corrected chi connectivity index (χ4v) is 2.64. The van der Waals surface area contributed by atoms with Crippen LogP contribution in [0.2, 0.25) is 0 Å². The third-order valence-electron chi connectivity index (χ3n) is 4.13. The Labute approximate surface area is 133 Å². The molecule has 6 nitrogen and oxygen atoms in total. The molecule has 0 saturated carbocycles. The van der Waals surface area contributed by atoms with Gasteiger partial charge in [-0.2, -0.15) is 0 Å². The van der Waals surface area contributed by atoms with Crippen molar-refractivity contribution in [1.82, 2.24) is 0 Å². The number of hydrogen-bond donors (Lipinski definition) is 4. The van der Waals surface area contributed by atoms with Crippen molar-refractivity contribution in [2.75, 3.05) is 13.2 Å². The van der Waals surface area contributed by atoms with Crippen LogP contribution >= 0.6 is 0 Å². The van der Waals surface area contributed by atoms with Gasteiger partial charge < -0.3 is 29.9 Å². The van der Waals surface area contributed by atoms with E-state index in [1.54, 1.807) is 0 Å². The maximum Gasteiger partial charge on any atom is 0.186 e. The summed E-state index contributed by atoms with van der Waals surface area (Å²) >= 11 is 0. The molecule has 1 aliphatic heterocycles. The van der Waals surface area contributed by atoms with Crippen LogP contribution in [0, 0.1) is 0 Å². The lowest BCUT2D eigenvalue weighted by atomic mass is 9.99. The van der Waals surface area contributed by atoms with Crippen molar-refractivity contribution in [2.45, 2.75) is 89.0 Å². The first-order valence-electron chi connectivity index (χ1n) is 8.54. The molecule has 1 rings (SSSR count). The number of aliphatic hydroxyl groups is 4. The lowest BCUT2D eigenvalue weighted by Gasteiger charge is -2.39. The maximum atomic E-state index is 9.80. The molecule has 0 bridgehead atoms. The molecule has 132 valence electrons. The summed E-state index contributed by atoms with van der Waals surface area (Å²) in [6, 6.07) is 0. The molecular formula is C16H32O6. The van der Waals surface area contributed by atoms with Crippen LogP contribution in [0.4, 0.5) is 0 Å². The van der Waals surface area contributed by atoms with Gasteiger partial charge in [0.25, 0.3) is 0 Å². The Balaban J connectivity index is 2.11. The van der Waals surface area contributed by atoms with Crippen LogP contribution in [-0.2, 0) is 9.47 Å². The van der Waals surface area contributed by atoms with E-state index < -0.39 is 37.3 Å². The first kappa shape index (κ1) is 19.8. The summed E-state index contributed by atoms with van der Waals surface area (Å²) < 4.78 is 10.7. The van der Waals surface area contributed by atoms with Crippen LogP contribution in [0.15, 0.2) is 0 Å². The lowest BCUT2D eigenvalue weighted by Crippen LogP contribution is -2.59. The van der Waals surface area contributed by atoms with E-state index in [0.29, 0.717) is 6.61 Å². The molecule has 6 heteroatoms. The van der Waals surface area contributed by atoms with Crippen LogP contribution in [0.25, 0.3) is 0 Å². The van der Waals surface area contributed by atoms with Gasteiger partial charge in [-0.1, -0.05) is 51.9 Å². The lowest BCUT2D eigenvalue weighted by molar-refractivity contribution is -0.301. The summed E-state index contributed by atoms with van der Waals surface area (Å²) in [5, 5.41) is 38.2. The van der Waals surface area contributed by atoms with E-state index in [-0.39, 0.29) is 0 Å². The number of ether oxygens (including phenoxy) is 2. The van der Waals surface area contributed by atoms with Gasteiger partial charge in [0, 0.05) is 6.61 Å². The topological polar surface area (TPSA) is 99.4 Å². The van der Waals surface area contributed by atoms with Gasteiger partial charge >= 0.3 is 0 Å². The highest BCUT2D eigenvalue weighted by molar-refractivity contribution is 4.88. The first-order valence-corrected chi connectivity index (χ1v) is 8.54. The van der Waals surface area contributed by atoms with E-state index in [4.69, 9.17) is 14.6 Å². The second kappa shape index (κ2) is 11.3. The van der Waals surface area contributed by atoms with Gasteiger partial charge in [-0.25, -0.2) is 0 Å². The molecule has 1 aliphatic rings. The SMILES string of the molecule is CCCCCCCCCCO[C@@H]1O[C@H](CO)[C@H](O)[C@H](O)[C@H]1O. The summed E-state index contributed by atoms with van der Waals surface area (Å²) in [4.78, 5) is 0. The summed E-state index contributed by atoms with van der Waals surface area (Å²) in [6.07, 6.45) is 3.58. The second-order valence-corrected chi connectivity index (χ2v) is 6.04. The zero-order chi connectivity index (χ0) is 16.4. The zero-order valence-electron chi connectivity index (χ0n) is 13.6. The Hall–Kier alpha value is -0.240. The Kier molecular flexibility index (Phi) is 10.2. The van der Waals surface area contributed by atoms with Crippen LogP contribution in [-0.4, -0.2) is 64.3 Å². The average molecular weight is 320 g/mol. The van der Waals surface area contributed by atoms with E-state index in [0.717, 1.165) is 12.8 Å². The summed E-state index contributed by atoms with van der Waals surface area (Å²) in [5.41, 5.74) is 0. The van der Waals surface area contributed by atoms with E-state index in [9.17, 15) is 15.3 Å². The number of rotatable bonds is 11. The van der Waals surface area contributed by atoms with Gasteiger partial charge in [0.05, 0.1) is 6.61 Å². The highest BCUT2D eigenvalue weighted by Gasteiger charge is 2.43. The molecule has 4 N–H and O–H groups in total. The quantitative estimate of drug-likeness (QED) is 0.423. The fraction of sp³-hybridized carbons (Fsp3) is 1.00. The van der Waals surface area contributed by atoms with E-state index in [1.807, 2.05) is 0 Å². The van der Waals surface area contributed by atoms with E-state index in [1.165, 1.54) is 38.5 Å². The molecule has 0 aromatic carbocycles. The van der Waals surface area contributed by atoms with E-state index in [2.05, 4.69) is 6.92 Å². The van der Waals surface area contributed by atoms with Crippen LogP contribution in [0.3, 0.4) is 0 Å². The van der Waals surface area contributed by atoms with Crippen LogP contribution in [0.5, 0.6) is 0 Å². The Morgan fingerprint density at radius 2 is 1.41 bits per heavy atom. The molecule has 5 atom stereocenters.